The minimum atomic E-state index is -1.19. The fourth-order valence-corrected chi connectivity index (χ4v) is 3.31. The van der Waals surface area contributed by atoms with Gasteiger partial charge in [0, 0.05) is 0 Å². The number of benzene rings is 2. The van der Waals surface area contributed by atoms with E-state index in [0.717, 1.165) is 44.1 Å². The number of hydrogen-bond acceptors (Lipinski definition) is 2. The molecule has 0 unspecified atom stereocenters. The Labute approximate surface area is 154 Å². The second-order valence-electron chi connectivity index (χ2n) is 6.53. The number of aromatic carboxylic acids is 2. The van der Waals surface area contributed by atoms with Gasteiger partial charge in [-0.05, 0) is 54.9 Å². The van der Waals surface area contributed by atoms with E-state index in [1.54, 1.807) is 6.07 Å². The van der Waals surface area contributed by atoms with Crippen LogP contribution in [0.2, 0.25) is 0 Å². The minimum Gasteiger partial charge on any atom is -0.478 e. The lowest BCUT2D eigenvalue weighted by atomic mass is 9.89. The van der Waals surface area contributed by atoms with E-state index in [2.05, 4.69) is 6.92 Å². The topological polar surface area (TPSA) is 74.6 Å². The zero-order valence-corrected chi connectivity index (χ0v) is 15.2. The van der Waals surface area contributed by atoms with Gasteiger partial charge in [-0.15, -0.1) is 0 Å². The summed E-state index contributed by atoms with van der Waals surface area (Å²) in [5.74, 6) is -2.35. The predicted octanol–water partition coefficient (Wildman–Crippen LogP) is 4.99. The van der Waals surface area contributed by atoms with Crippen molar-refractivity contribution in [2.75, 3.05) is 0 Å². The summed E-state index contributed by atoms with van der Waals surface area (Å²) in [5, 5.41) is 19.0. The van der Waals surface area contributed by atoms with E-state index in [4.69, 9.17) is 0 Å². The van der Waals surface area contributed by atoms with Crippen LogP contribution in [0.15, 0.2) is 42.5 Å². The molecule has 0 aliphatic rings. The number of hydrogen-bond donors (Lipinski definition) is 2. The number of carboxylic acids is 2. The number of carbonyl (C=O) groups is 2. The second-order valence-corrected chi connectivity index (χ2v) is 6.53. The van der Waals surface area contributed by atoms with Gasteiger partial charge in [0.25, 0.3) is 0 Å². The molecular weight excluding hydrogens is 328 g/mol. The maximum atomic E-state index is 11.8. The van der Waals surface area contributed by atoms with E-state index < -0.39 is 11.9 Å². The first kappa shape index (κ1) is 19.7. The molecule has 26 heavy (non-hydrogen) atoms. The minimum absolute atomic E-state index is 0.0421. The first-order chi connectivity index (χ1) is 12.5. The molecule has 2 aromatic rings. The van der Waals surface area contributed by atoms with Gasteiger partial charge in [-0.2, -0.15) is 0 Å². The molecule has 0 aromatic heterocycles. The van der Waals surface area contributed by atoms with E-state index in [1.807, 2.05) is 30.3 Å². The van der Waals surface area contributed by atoms with Crippen molar-refractivity contribution in [3.05, 3.63) is 70.3 Å². The van der Waals surface area contributed by atoms with Gasteiger partial charge in [0.1, 0.15) is 0 Å². The maximum Gasteiger partial charge on any atom is 0.336 e. The number of aryl methyl sites for hydroxylation is 2. The highest BCUT2D eigenvalue weighted by Gasteiger charge is 2.22. The Kier molecular flexibility index (Phi) is 7.39. The molecular formula is C22H26O4. The largest absolute Gasteiger partial charge is 0.478 e. The highest BCUT2D eigenvalue weighted by atomic mass is 16.4. The summed E-state index contributed by atoms with van der Waals surface area (Å²) >= 11 is 0. The molecule has 0 aliphatic carbocycles. The van der Waals surface area contributed by atoms with E-state index in [9.17, 15) is 19.8 Å². The van der Waals surface area contributed by atoms with Crippen LogP contribution in [0.4, 0.5) is 0 Å². The van der Waals surface area contributed by atoms with Crippen LogP contribution < -0.4 is 0 Å². The van der Waals surface area contributed by atoms with Crippen molar-refractivity contribution in [1.29, 1.82) is 0 Å². The average molecular weight is 354 g/mol. The average Bonchev–Trinajstić information content (AvgIpc) is 2.63. The Bertz CT molecular complexity index is 750. The lowest BCUT2D eigenvalue weighted by molar-refractivity contribution is 0.0650. The molecule has 0 amide bonds. The number of unbranched alkanes of at least 4 members (excludes halogenated alkanes) is 2. The lowest BCUT2D eigenvalue weighted by Gasteiger charge is -2.15. The predicted molar refractivity (Wildman–Crippen MR) is 102 cm³/mol. The third kappa shape index (κ3) is 5.19. The number of carboxylic acid groups (broad SMARTS) is 2. The van der Waals surface area contributed by atoms with Crippen LogP contribution >= 0.6 is 0 Å². The molecule has 0 radical (unpaired) electrons. The van der Waals surface area contributed by atoms with Crippen molar-refractivity contribution in [3.8, 4) is 0 Å². The van der Waals surface area contributed by atoms with Crippen LogP contribution in [0.25, 0.3) is 0 Å². The van der Waals surface area contributed by atoms with Crippen molar-refractivity contribution in [1.82, 2.24) is 0 Å². The SMILES string of the molecule is CCCCCc1ccc(C(=O)O)c(C(=O)O)c1CCCc1ccccc1. The molecule has 0 spiro atoms. The van der Waals surface area contributed by atoms with Crippen molar-refractivity contribution in [2.45, 2.75) is 51.9 Å². The maximum absolute atomic E-state index is 11.8. The summed E-state index contributed by atoms with van der Waals surface area (Å²) in [6.07, 6.45) is 6.12. The monoisotopic (exact) mass is 354 g/mol. The van der Waals surface area contributed by atoms with Crippen LogP contribution in [-0.2, 0) is 19.3 Å². The molecule has 0 saturated carbocycles. The molecule has 0 aliphatic heterocycles. The van der Waals surface area contributed by atoms with Crippen molar-refractivity contribution in [2.24, 2.45) is 0 Å². The smallest absolute Gasteiger partial charge is 0.336 e. The van der Waals surface area contributed by atoms with Gasteiger partial charge in [-0.3, -0.25) is 0 Å². The van der Waals surface area contributed by atoms with Gasteiger partial charge >= 0.3 is 11.9 Å². The van der Waals surface area contributed by atoms with E-state index in [-0.39, 0.29) is 11.1 Å². The molecule has 0 heterocycles. The van der Waals surface area contributed by atoms with Gasteiger partial charge in [-0.25, -0.2) is 9.59 Å². The molecule has 2 rings (SSSR count). The van der Waals surface area contributed by atoms with Crippen LogP contribution in [0.3, 0.4) is 0 Å². The van der Waals surface area contributed by atoms with E-state index in [0.29, 0.717) is 12.0 Å². The highest BCUT2D eigenvalue weighted by Crippen LogP contribution is 2.24. The zero-order valence-electron chi connectivity index (χ0n) is 15.2. The molecule has 138 valence electrons. The Balaban J connectivity index is 2.29. The van der Waals surface area contributed by atoms with Crippen molar-refractivity contribution < 1.29 is 19.8 Å². The number of rotatable bonds is 10. The third-order valence-corrected chi connectivity index (χ3v) is 4.64. The zero-order chi connectivity index (χ0) is 18.9. The highest BCUT2D eigenvalue weighted by molar-refractivity contribution is 6.03. The van der Waals surface area contributed by atoms with E-state index >= 15 is 0 Å². The van der Waals surface area contributed by atoms with Gasteiger partial charge in [0.2, 0.25) is 0 Å². The fourth-order valence-electron chi connectivity index (χ4n) is 3.31. The van der Waals surface area contributed by atoms with Crippen LogP contribution in [0.5, 0.6) is 0 Å². The molecule has 4 heteroatoms. The van der Waals surface area contributed by atoms with Gasteiger partial charge in [0.05, 0.1) is 11.1 Å². The molecule has 0 fully saturated rings. The van der Waals surface area contributed by atoms with Crippen LogP contribution in [0.1, 0.15) is 70.0 Å². The first-order valence-corrected chi connectivity index (χ1v) is 9.19. The third-order valence-electron chi connectivity index (χ3n) is 4.64. The fraction of sp³-hybridized carbons (Fsp3) is 0.364. The molecule has 4 nitrogen and oxygen atoms in total. The Morgan fingerprint density at radius 3 is 2.15 bits per heavy atom. The van der Waals surface area contributed by atoms with Crippen molar-refractivity contribution >= 4 is 11.9 Å². The Morgan fingerprint density at radius 2 is 1.54 bits per heavy atom. The van der Waals surface area contributed by atoms with Gasteiger partial charge in [-0.1, -0.05) is 56.2 Å². The molecule has 2 N–H and O–H groups in total. The summed E-state index contributed by atoms with van der Waals surface area (Å²) in [6.45, 7) is 2.12. The second kappa shape index (κ2) is 9.76. The summed E-state index contributed by atoms with van der Waals surface area (Å²) in [6, 6.07) is 13.3. The van der Waals surface area contributed by atoms with Gasteiger partial charge in [0.15, 0.2) is 0 Å². The first-order valence-electron chi connectivity index (χ1n) is 9.19. The van der Waals surface area contributed by atoms with Crippen LogP contribution in [-0.4, -0.2) is 22.2 Å². The van der Waals surface area contributed by atoms with E-state index in [1.165, 1.54) is 11.6 Å². The normalized spacial score (nSPS) is 10.7. The molecule has 0 saturated heterocycles. The Hall–Kier alpha value is -2.62. The van der Waals surface area contributed by atoms with Crippen LogP contribution in [0, 0.1) is 0 Å². The summed E-state index contributed by atoms with van der Waals surface area (Å²) in [7, 11) is 0. The standard InChI is InChI=1S/C22H26O4/c1-2-3-5-12-17-14-15-19(21(23)24)20(22(25)26)18(17)13-8-11-16-9-6-4-7-10-16/h4,6-7,9-10,14-15H,2-3,5,8,11-13H2,1H3,(H,23,24)(H,25,26). The summed E-state index contributed by atoms with van der Waals surface area (Å²) < 4.78 is 0. The Morgan fingerprint density at radius 1 is 0.808 bits per heavy atom. The van der Waals surface area contributed by atoms with Crippen molar-refractivity contribution in [3.63, 3.8) is 0 Å². The van der Waals surface area contributed by atoms with Gasteiger partial charge < -0.3 is 10.2 Å². The molecule has 2 aromatic carbocycles. The molecule has 0 bridgehead atoms. The summed E-state index contributed by atoms with van der Waals surface area (Å²) in [4.78, 5) is 23.3. The molecule has 0 atom stereocenters. The quantitative estimate of drug-likeness (QED) is 0.589. The summed E-state index contributed by atoms with van der Waals surface area (Å²) in [5.41, 5.74) is 2.69. The lowest BCUT2D eigenvalue weighted by Crippen LogP contribution is -2.14.